The number of aliphatic carboxylic acids is 1. The van der Waals surface area contributed by atoms with Crippen LogP contribution in [-0.2, 0) is 52.3 Å². The van der Waals surface area contributed by atoms with Crippen LogP contribution in [0.1, 0.15) is 419 Å². The molecular weight excluding hydrogens is 1770 g/mol. The number of carbonyl (C=O) groups is 2. The van der Waals surface area contributed by atoms with Crippen molar-refractivity contribution in [1.29, 1.82) is 5.26 Å². The van der Waals surface area contributed by atoms with Gasteiger partial charge in [0.2, 0.25) is 5.91 Å². The largest absolute Gasteiger partial charge is 0.591 e. The van der Waals surface area contributed by atoms with Crippen molar-refractivity contribution in [3.8, 4) is 17.6 Å². The summed E-state index contributed by atoms with van der Waals surface area (Å²) in [7, 11) is 3.48. The smallest absolute Gasteiger partial charge is 0.497 e. The number of carbonyl (C=O) groups excluding carboxylic acids is 1. The summed E-state index contributed by atoms with van der Waals surface area (Å²) in [6, 6.07) is 36.9. The van der Waals surface area contributed by atoms with Gasteiger partial charge in [-0.3, -0.25) is 38.3 Å². The lowest BCUT2D eigenvalue weighted by molar-refractivity contribution is -0.175. The Morgan fingerprint density at radius 1 is 0.525 bits per heavy atom. The zero-order valence-corrected chi connectivity index (χ0v) is 86.8. The molecule has 3 unspecified atom stereocenters. The summed E-state index contributed by atoms with van der Waals surface area (Å²) in [4.78, 5) is 82.3. The molecule has 0 saturated carbocycles. The number of H-pyrrole nitrogens is 2. The minimum absolute atomic E-state index is 0.00184. The zero-order chi connectivity index (χ0) is 99.0. The number of nitriles is 1. The van der Waals surface area contributed by atoms with E-state index in [4.69, 9.17) is 46.6 Å². The predicted molar refractivity (Wildman–Crippen MR) is 558 cm³/mol. The van der Waals surface area contributed by atoms with E-state index in [2.05, 4.69) is 60.3 Å². The molecule has 2 aromatic heterocycles. The van der Waals surface area contributed by atoms with Crippen LogP contribution in [-0.4, -0.2) is 114 Å². The first kappa shape index (κ1) is 116. The first-order valence-corrected chi connectivity index (χ1v) is 54.9. The summed E-state index contributed by atoms with van der Waals surface area (Å²) < 4.78 is 68.8. The molecule has 2 fully saturated rings. The topological polar surface area (TPSA) is 294 Å². The molecule has 9 rings (SSSR count). The van der Waals surface area contributed by atoms with E-state index in [1.54, 1.807) is 40.5 Å². The van der Waals surface area contributed by atoms with Crippen LogP contribution < -0.4 is 37.3 Å². The number of carboxylic acids is 1. The van der Waals surface area contributed by atoms with Gasteiger partial charge in [-0.15, -0.1) is 0 Å². The fourth-order valence-corrected chi connectivity index (χ4v) is 20.1. The summed E-state index contributed by atoms with van der Waals surface area (Å²) in [5.74, 6) is -0.119. The van der Waals surface area contributed by atoms with Crippen molar-refractivity contribution in [2.24, 2.45) is 5.92 Å². The second-order valence-corrected chi connectivity index (χ2v) is 39.5. The molecule has 4 N–H and O–H groups in total. The fourth-order valence-electron chi connectivity index (χ4n) is 19.7. The molecule has 2 aliphatic heterocycles. The molecule has 3 aliphatic rings. The number of aromatic amines is 2. The Kier molecular flexibility index (Phi) is 57.7. The Hall–Kier alpha value is -8.59. The maximum Gasteiger partial charge on any atom is 0.591 e. The highest BCUT2D eigenvalue weighted by Crippen LogP contribution is 2.53. The predicted octanol–water partition coefficient (Wildman–Crippen LogP) is 27.5. The SMILES string of the molecule is CCCCCCCCCCCCCCCCCCOC1=C(C(NC(=O)CCC(=O)O)c2ccccc2)C=CC(OCCCCCCCCCCCCCCCCCC)C1(OCCCCCCCCCCCCCCCCCC)[C@@H]1C[C@H](n2cc(C)c(=O)[nH]c2=O)O[C@@H]1CO/P=[O+]/CCC#N.COc1ccc(C(OC[C@@H]2CC[C@H](n3cc(C)c(=O)[nH]c3=O)O2)(c2ccccc2)c2ccc(OC)cc2)cc1. The third kappa shape index (κ3) is 41.0. The number of carboxylic acid groups (broad SMARTS) is 1. The highest BCUT2D eigenvalue weighted by Gasteiger charge is 2.60. The number of methoxy groups -OCH3 is 2. The van der Waals surface area contributed by atoms with E-state index in [1.165, 1.54) is 247 Å². The number of unbranched alkanes of at least 4 members (excludes halogenated alkanes) is 45. The van der Waals surface area contributed by atoms with E-state index in [-0.39, 0.29) is 65.9 Å². The van der Waals surface area contributed by atoms with E-state index >= 15 is 0 Å². The molecule has 2 saturated heterocycles. The van der Waals surface area contributed by atoms with Crippen molar-refractivity contribution >= 4 is 20.6 Å². The second-order valence-electron chi connectivity index (χ2n) is 38.8. The van der Waals surface area contributed by atoms with Gasteiger partial charge >= 0.3 is 26.0 Å². The first-order valence-electron chi connectivity index (χ1n) is 54.2. The van der Waals surface area contributed by atoms with Crippen LogP contribution in [0.5, 0.6) is 11.5 Å². The summed E-state index contributed by atoms with van der Waals surface area (Å²) in [5, 5.41) is 22.4. The van der Waals surface area contributed by atoms with Crippen LogP contribution in [0, 0.1) is 31.1 Å². The summed E-state index contributed by atoms with van der Waals surface area (Å²) in [6.07, 6.45) is 64.9. The Labute approximate surface area is 833 Å². The van der Waals surface area contributed by atoms with Crippen LogP contribution in [0.3, 0.4) is 0 Å². The van der Waals surface area contributed by atoms with Crippen LogP contribution >= 0.6 is 8.69 Å². The Balaban J connectivity index is 0.000000498. The lowest BCUT2D eigenvalue weighted by Gasteiger charge is -2.48. The van der Waals surface area contributed by atoms with E-state index in [1.807, 2.05) is 103 Å². The highest BCUT2D eigenvalue weighted by molar-refractivity contribution is 7.17. The lowest BCUT2D eigenvalue weighted by Crippen LogP contribution is -2.58. The number of aryl methyl sites for hydroxylation is 2. The van der Waals surface area contributed by atoms with Crippen molar-refractivity contribution in [3.05, 3.63) is 220 Å². The molecule has 8 atom stereocenters. The van der Waals surface area contributed by atoms with Gasteiger partial charge < -0.3 is 48.3 Å². The van der Waals surface area contributed by atoms with Gasteiger partial charge in [-0.05, 0) is 92.5 Å². The molecule has 6 aromatic rings. The number of amides is 1. The minimum Gasteiger partial charge on any atom is -0.497 e. The molecule has 0 bridgehead atoms. The average Bonchev–Trinajstić information content (AvgIpc) is 1.68. The molecule has 1 amide bonds. The number of hydrogen-bond acceptors (Lipinski definition) is 16. The van der Waals surface area contributed by atoms with Gasteiger partial charge in [0.05, 0.1) is 64.8 Å². The molecule has 23 nitrogen and oxygen atoms in total. The van der Waals surface area contributed by atoms with Gasteiger partial charge in [0.25, 0.3) is 17.7 Å². The third-order valence-corrected chi connectivity index (χ3v) is 28.3. The van der Waals surface area contributed by atoms with E-state index in [0.29, 0.717) is 55.1 Å². The van der Waals surface area contributed by atoms with Gasteiger partial charge in [-0.2, -0.15) is 5.26 Å². The first-order chi connectivity index (χ1) is 68.0. The zero-order valence-electron chi connectivity index (χ0n) is 85.9. The average molecular weight is 1940 g/mol. The molecule has 4 heterocycles. The normalized spacial score (nSPS) is 17.7. The number of ether oxygens (including phenoxy) is 8. The number of hydrogen-bond donors (Lipinski definition) is 4. The van der Waals surface area contributed by atoms with Crippen LogP contribution in [0.2, 0.25) is 0 Å². The number of nitrogens with zero attached hydrogens (tertiary/aromatic N) is 3. The van der Waals surface area contributed by atoms with Crippen molar-refractivity contribution in [3.63, 3.8) is 0 Å². The monoisotopic (exact) mass is 1940 g/mol. The van der Waals surface area contributed by atoms with Crippen molar-refractivity contribution in [2.45, 2.75) is 429 Å². The van der Waals surface area contributed by atoms with E-state index in [0.717, 1.165) is 104 Å². The minimum atomic E-state index is -1.45. The Morgan fingerprint density at radius 3 is 1.38 bits per heavy atom. The summed E-state index contributed by atoms with van der Waals surface area (Å²) in [5.41, 5.74) is 0.712. The van der Waals surface area contributed by atoms with E-state index < -0.39 is 76.6 Å². The molecule has 0 radical (unpaired) electrons. The second kappa shape index (κ2) is 69.4. The summed E-state index contributed by atoms with van der Waals surface area (Å²) >= 11 is 0. The van der Waals surface area contributed by atoms with Gasteiger partial charge in [-0.25, -0.2) is 18.3 Å². The molecule has 0 spiro atoms. The number of nitrogens with one attached hydrogen (secondary N) is 3. The molecule has 1 aliphatic carbocycles. The van der Waals surface area contributed by atoms with Crippen LogP contribution in [0.4, 0.5) is 0 Å². The Bertz CT molecular complexity index is 4670. The molecule has 24 heteroatoms. The maximum atomic E-state index is 14.2. The number of benzene rings is 4. The maximum absolute atomic E-state index is 14.2. The number of aromatic nitrogens is 4. The molecule has 4 aromatic carbocycles. The molecule has 139 heavy (non-hydrogen) atoms. The van der Waals surface area contributed by atoms with Crippen LogP contribution in [0.25, 0.3) is 0 Å². The van der Waals surface area contributed by atoms with Crippen molar-refractivity contribution in [2.75, 3.05) is 53.9 Å². The number of rotatable bonds is 76. The standard InChI is InChI=1S/C84H141N4O11P.C31H32N2O6/c1-5-8-11-14-17-20-23-26-29-32-35-38-41-44-47-53-64-94-76-60-59-73(80(72-57-51-50-52-58-72)86-77(89)61-62-79(90)91)81(95-65-54-48-45-42-39-36-33-30-27-24-21-18-15-12-9-6-2)84(76,96-66-55-49-46-43-40-37-34-31-28-25-22-19-16-13-10-7-3)74-68-78(88-69-71(4)82(92)87-83(88)93)99-75(74)70-98-100-97-67-56-63-85;1-21-19-33(30(35)32-29(21)34)28-18-17-27(39-28)20-38-31(22-7-5-4-6-8-22,23-9-13-25(36-2)14-10-23)24-11-15-26(37-3)16-12-24/h50-52,57-60,69,74-76,78,80H,5-49,53-56,61-62,64-68,70H2,1-4H3,(H2-,86,87,89,90,91,92,93);4-16,19,27-28H,17-18,20H2,1-3H3,(H,32,34,35)/p+1/t74-,75-,76?,78-,80?,84?;27-,28+/m10/s1. The van der Waals surface area contributed by atoms with Gasteiger partial charge in [-0.1, -0.05) is 407 Å². The lowest BCUT2D eigenvalue weighted by atomic mass is 9.71. The van der Waals surface area contributed by atoms with E-state index in [9.17, 15) is 39.1 Å². The third-order valence-electron chi connectivity index (χ3n) is 27.8. The molecule has 770 valence electrons. The summed E-state index contributed by atoms with van der Waals surface area (Å²) in [6.45, 7) is 11.8. The van der Waals surface area contributed by atoms with Gasteiger partial charge in [0, 0.05) is 61.1 Å². The van der Waals surface area contributed by atoms with Crippen molar-refractivity contribution < 1.29 is 61.3 Å². The van der Waals surface area contributed by atoms with Crippen molar-refractivity contribution in [1.82, 2.24) is 24.4 Å². The molecular formula is C115H174N6O17P+. The van der Waals surface area contributed by atoms with Gasteiger partial charge in [0.15, 0.2) is 5.60 Å². The quantitative estimate of drug-likeness (QED) is 0.0119. The van der Waals surface area contributed by atoms with Gasteiger partial charge in [0.1, 0.15) is 47.8 Å². The Morgan fingerprint density at radius 2 is 0.942 bits per heavy atom. The fraction of sp³-hybridized carbons (Fsp3) is 0.661. The highest BCUT2D eigenvalue weighted by atomic mass is 31.1. The van der Waals surface area contributed by atoms with Crippen LogP contribution in [0.15, 0.2) is 164 Å².